The highest BCUT2D eigenvalue weighted by Gasteiger charge is 2.30. The standard InChI is InChI=1S/C10H12N4S2/c11-9-8(6-1-2-6)10(16-14-9)13-5-7-12-3-4-15-7/h3-4,6,13H,1-2,5H2,(H2,11,14). The molecule has 0 aliphatic heterocycles. The first kappa shape index (κ1) is 10.0. The van der Waals surface area contributed by atoms with Crippen LogP contribution in [0.15, 0.2) is 11.6 Å². The van der Waals surface area contributed by atoms with E-state index < -0.39 is 0 Å². The third-order valence-corrected chi connectivity index (χ3v) is 4.24. The minimum Gasteiger partial charge on any atom is -0.383 e. The van der Waals surface area contributed by atoms with Crippen LogP contribution in [-0.2, 0) is 6.54 Å². The van der Waals surface area contributed by atoms with Crippen LogP contribution in [0.3, 0.4) is 0 Å². The second-order valence-electron chi connectivity index (χ2n) is 3.86. The van der Waals surface area contributed by atoms with Crippen molar-refractivity contribution in [3.05, 3.63) is 22.1 Å². The summed E-state index contributed by atoms with van der Waals surface area (Å²) in [5, 5.41) is 7.58. The molecule has 0 bridgehead atoms. The Morgan fingerprint density at radius 3 is 3.06 bits per heavy atom. The number of hydrogen-bond donors (Lipinski definition) is 2. The highest BCUT2D eigenvalue weighted by atomic mass is 32.1. The van der Waals surface area contributed by atoms with Gasteiger partial charge in [-0.05, 0) is 30.3 Å². The second kappa shape index (κ2) is 4.03. The molecule has 84 valence electrons. The average molecular weight is 252 g/mol. The summed E-state index contributed by atoms with van der Waals surface area (Å²) in [4.78, 5) is 4.24. The van der Waals surface area contributed by atoms with Crippen molar-refractivity contribution in [3.8, 4) is 0 Å². The van der Waals surface area contributed by atoms with E-state index in [1.54, 1.807) is 11.3 Å². The molecule has 1 fully saturated rings. The number of anilines is 2. The lowest BCUT2D eigenvalue weighted by atomic mass is 10.2. The van der Waals surface area contributed by atoms with Gasteiger partial charge in [0.1, 0.15) is 15.8 Å². The maximum atomic E-state index is 5.88. The van der Waals surface area contributed by atoms with Gasteiger partial charge in [0, 0.05) is 17.1 Å². The topological polar surface area (TPSA) is 63.8 Å². The average Bonchev–Trinajstić information content (AvgIpc) is 2.85. The summed E-state index contributed by atoms with van der Waals surface area (Å²) in [7, 11) is 0. The Kier molecular flexibility index (Phi) is 2.53. The molecule has 3 N–H and O–H groups in total. The minimum absolute atomic E-state index is 0.637. The monoisotopic (exact) mass is 252 g/mol. The zero-order valence-electron chi connectivity index (χ0n) is 8.64. The molecular formula is C10H12N4S2. The number of nitrogen functional groups attached to an aromatic ring is 1. The molecule has 0 spiro atoms. The zero-order valence-corrected chi connectivity index (χ0v) is 10.3. The molecule has 6 heteroatoms. The lowest BCUT2D eigenvalue weighted by Crippen LogP contribution is -2.00. The molecule has 3 rings (SSSR count). The molecule has 2 aromatic heterocycles. The third-order valence-electron chi connectivity index (χ3n) is 2.63. The van der Waals surface area contributed by atoms with Crippen molar-refractivity contribution in [1.82, 2.24) is 9.36 Å². The van der Waals surface area contributed by atoms with Crippen LogP contribution >= 0.6 is 22.9 Å². The number of nitrogens with one attached hydrogen (secondary N) is 1. The molecule has 0 unspecified atom stereocenters. The molecular weight excluding hydrogens is 240 g/mol. The van der Waals surface area contributed by atoms with Gasteiger partial charge in [-0.15, -0.1) is 11.3 Å². The molecule has 0 saturated heterocycles. The summed E-state index contributed by atoms with van der Waals surface area (Å²) in [5.74, 6) is 1.34. The molecule has 1 saturated carbocycles. The Morgan fingerprint density at radius 1 is 1.50 bits per heavy atom. The number of aromatic nitrogens is 2. The normalized spacial score (nSPS) is 15.2. The van der Waals surface area contributed by atoms with Gasteiger partial charge in [0.2, 0.25) is 0 Å². The van der Waals surface area contributed by atoms with E-state index in [0.29, 0.717) is 11.7 Å². The van der Waals surface area contributed by atoms with E-state index in [9.17, 15) is 0 Å². The molecule has 1 aliphatic rings. The van der Waals surface area contributed by atoms with E-state index in [0.717, 1.165) is 16.6 Å². The molecule has 0 aromatic carbocycles. The molecule has 0 atom stereocenters. The van der Waals surface area contributed by atoms with Gasteiger partial charge in [-0.1, -0.05) is 0 Å². The van der Waals surface area contributed by atoms with Crippen LogP contribution in [0.2, 0.25) is 0 Å². The van der Waals surface area contributed by atoms with E-state index in [2.05, 4.69) is 14.7 Å². The highest BCUT2D eigenvalue weighted by Crippen LogP contribution is 2.47. The maximum Gasteiger partial charge on any atom is 0.142 e. The van der Waals surface area contributed by atoms with Crippen LogP contribution < -0.4 is 11.1 Å². The summed E-state index contributed by atoms with van der Waals surface area (Å²) in [6.45, 7) is 0.763. The van der Waals surface area contributed by atoms with Gasteiger partial charge in [0.25, 0.3) is 0 Å². The fourth-order valence-corrected chi connectivity index (χ4v) is 3.05. The number of nitrogens with two attached hydrogens (primary N) is 1. The fourth-order valence-electron chi connectivity index (χ4n) is 1.70. The van der Waals surface area contributed by atoms with E-state index in [4.69, 9.17) is 5.73 Å². The van der Waals surface area contributed by atoms with Crippen molar-refractivity contribution < 1.29 is 0 Å². The van der Waals surface area contributed by atoms with Crippen molar-refractivity contribution in [3.63, 3.8) is 0 Å². The van der Waals surface area contributed by atoms with Gasteiger partial charge in [0.05, 0.1) is 6.54 Å². The van der Waals surface area contributed by atoms with Crippen LogP contribution in [-0.4, -0.2) is 9.36 Å². The number of rotatable bonds is 4. The van der Waals surface area contributed by atoms with Crippen LogP contribution in [0, 0.1) is 0 Å². The Bertz CT molecular complexity index is 473. The molecule has 4 nitrogen and oxygen atoms in total. The third kappa shape index (κ3) is 1.90. The first-order valence-electron chi connectivity index (χ1n) is 5.22. The SMILES string of the molecule is Nc1nsc(NCc2nccs2)c1C1CC1. The zero-order chi connectivity index (χ0) is 11.0. The summed E-state index contributed by atoms with van der Waals surface area (Å²) in [6, 6.07) is 0. The summed E-state index contributed by atoms with van der Waals surface area (Å²) >= 11 is 3.12. The van der Waals surface area contributed by atoms with Gasteiger partial charge in [-0.25, -0.2) is 4.98 Å². The van der Waals surface area contributed by atoms with Gasteiger partial charge < -0.3 is 11.1 Å². The van der Waals surface area contributed by atoms with Crippen LogP contribution in [0.5, 0.6) is 0 Å². The lowest BCUT2D eigenvalue weighted by molar-refractivity contribution is 1.08. The Labute approximate surface area is 102 Å². The smallest absolute Gasteiger partial charge is 0.142 e. The number of nitrogens with zero attached hydrogens (tertiary/aromatic N) is 2. The van der Waals surface area contributed by atoms with E-state index >= 15 is 0 Å². The Balaban J connectivity index is 1.74. The summed E-state index contributed by atoms with van der Waals surface area (Å²) in [6.07, 6.45) is 4.31. The first-order chi connectivity index (χ1) is 7.84. The number of hydrogen-bond acceptors (Lipinski definition) is 6. The predicted molar refractivity (Wildman–Crippen MR) is 67.9 cm³/mol. The first-order valence-corrected chi connectivity index (χ1v) is 6.87. The molecule has 1 aliphatic carbocycles. The molecule has 16 heavy (non-hydrogen) atoms. The van der Waals surface area contributed by atoms with Gasteiger partial charge in [-0.3, -0.25) is 0 Å². The van der Waals surface area contributed by atoms with Crippen molar-refractivity contribution in [2.24, 2.45) is 0 Å². The molecule has 0 radical (unpaired) electrons. The van der Waals surface area contributed by atoms with E-state index in [1.165, 1.54) is 29.9 Å². The van der Waals surface area contributed by atoms with Crippen molar-refractivity contribution >= 4 is 33.7 Å². The van der Waals surface area contributed by atoms with Gasteiger partial charge >= 0.3 is 0 Å². The van der Waals surface area contributed by atoms with Crippen molar-refractivity contribution in [2.75, 3.05) is 11.1 Å². The Hall–Kier alpha value is -1.14. The quantitative estimate of drug-likeness (QED) is 0.878. The van der Waals surface area contributed by atoms with E-state index in [-0.39, 0.29) is 0 Å². The Morgan fingerprint density at radius 2 is 2.38 bits per heavy atom. The fraction of sp³-hybridized carbons (Fsp3) is 0.400. The van der Waals surface area contributed by atoms with Crippen molar-refractivity contribution in [1.29, 1.82) is 0 Å². The predicted octanol–water partition coefficient (Wildman–Crippen LogP) is 2.67. The maximum absolute atomic E-state index is 5.88. The van der Waals surface area contributed by atoms with Crippen LogP contribution in [0.4, 0.5) is 10.8 Å². The van der Waals surface area contributed by atoms with Gasteiger partial charge in [0.15, 0.2) is 0 Å². The second-order valence-corrected chi connectivity index (χ2v) is 5.62. The van der Waals surface area contributed by atoms with Gasteiger partial charge in [-0.2, -0.15) is 4.37 Å². The van der Waals surface area contributed by atoms with E-state index in [1.807, 2.05) is 11.6 Å². The highest BCUT2D eigenvalue weighted by molar-refractivity contribution is 7.11. The number of thiazole rings is 1. The van der Waals surface area contributed by atoms with Crippen molar-refractivity contribution in [2.45, 2.75) is 25.3 Å². The largest absolute Gasteiger partial charge is 0.383 e. The van der Waals surface area contributed by atoms with Crippen LogP contribution in [0.1, 0.15) is 29.3 Å². The lowest BCUT2D eigenvalue weighted by Gasteiger charge is -2.03. The summed E-state index contributed by atoms with van der Waals surface area (Å²) < 4.78 is 4.22. The summed E-state index contributed by atoms with van der Waals surface area (Å²) in [5.41, 5.74) is 7.10. The molecule has 2 aromatic rings. The molecule has 2 heterocycles. The van der Waals surface area contributed by atoms with Crippen LogP contribution in [0.25, 0.3) is 0 Å². The minimum atomic E-state index is 0.637. The molecule has 0 amide bonds.